The maximum atomic E-state index is 13.1. The van der Waals surface area contributed by atoms with Gasteiger partial charge in [-0.15, -0.1) is 0 Å². The third kappa shape index (κ3) is 3.01. The largest absolute Gasteiger partial charge is 0.494 e. The predicted molar refractivity (Wildman–Crippen MR) is 101 cm³/mol. The topological polar surface area (TPSA) is 93.0 Å². The quantitative estimate of drug-likeness (QED) is 0.458. The van der Waals surface area contributed by atoms with Crippen molar-refractivity contribution in [1.82, 2.24) is 4.90 Å². The average molecular weight is 381 g/mol. The van der Waals surface area contributed by atoms with E-state index in [1.165, 1.54) is 36.4 Å². The minimum absolute atomic E-state index is 0.0845. The molecule has 1 saturated heterocycles. The molecule has 0 spiro atoms. The molecular weight excluding hydrogens is 362 g/mol. The van der Waals surface area contributed by atoms with Gasteiger partial charge in [0.2, 0.25) is 5.91 Å². The highest BCUT2D eigenvalue weighted by Gasteiger charge is 2.44. The zero-order valence-electron chi connectivity index (χ0n) is 15.3. The van der Waals surface area contributed by atoms with Crippen LogP contribution in [0.1, 0.15) is 17.5 Å². The number of amides is 2. The van der Waals surface area contributed by atoms with Crippen LogP contribution in [0.25, 0.3) is 0 Å². The van der Waals surface area contributed by atoms with E-state index in [0.717, 1.165) is 11.3 Å². The summed E-state index contributed by atoms with van der Waals surface area (Å²) in [5.41, 5.74) is 2.51. The number of hydrogen-bond donors (Lipinski definition) is 0. The van der Waals surface area contributed by atoms with Gasteiger partial charge < -0.3 is 4.74 Å². The van der Waals surface area contributed by atoms with Crippen molar-refractivity contribution in [3.63, 3.8) is 0 Å². The van der Waals surface area contributed by atoms with Gasteiger partial charge in [-0.1, -0.05) is 24.3 Å². The molecule has 2 aromatic rings. The van der Waals surface area contributed by atoms with Gasteiger partial charge >= 0.3 is 0 Å². The Morgan fingerprint density at radius 2 is 1.89 bits per heavy atom. The molecule has 144 valence electrons. The molecule has 0 unspecified atom stereocenters. The molecule has 2 amide bonds. The summed E-state index contributed by atoms with van der Waals surface area (Å²) >= 11 is 0. The van der Waals surface area contributed by atoms with E-state index in [-0.39, 0.29) is 35.4 Å². The second-order valence-electron chi connectivity index (χ2n) is 6.89. The van der Waals surface area contributed by atoms with Crippen molar-refractivity contribution < 1.29 is 19.2 Å². The Balaban J connectivity index is 1.61. The van der Waals surface area contributed by atoms with Gasteiger partial charge in [0.1, 0.15) is 5.75 Å². The number of nitrogens with zero attached hydrogens (tertiary/aromatic N) is 3. The zero-order chi connectivity index (χ0) is 19.8. The molecule has 2 heterocycles. The molecule has 0 aliphatic carbocycles. The van der Waals surface area contributed by atoms with E-state index in [1.807, 2.05) is 23.1 Å². The van der Waals surface area contributed by atoms with Crippen molar-refractivity contribution in [2.24, 2.45) is 0 Å². The minimum Gasteiger partial charge on any atom is -0.494 e. The first-order chi connectivity index (χ1) is 13.5. The van der Waals surface area contributed by atoms with Gasteiger partial charge in [0, 0.05) is 19.2 Å². The highest BCUT2D eigenvalue weighted by molar-refractivity contribution is 6.23. The Labute approximate surface area is 161 Å². The predicted octanol–water partition coefficient (Wildman–Crippen LogP) is 2.29. The Morgan fingerprint density at radius 3 is 2.61 bits per heavy atom. The van der Waals surface area contributed by atoms with Crippen LogP contribution in [-0.4, -0.2) is 41.3 Å². The summed E-state index contributed by atoms with van der Waals surface area (Å²) < 4.78 is 5.21. The molecule has 2 aliphatic heterocycles. The monoisotopic (exact) mass is 381 g/mol. The van der Waals surface area contributed by atoms with Gasteiger partial charge in [-0.25, -0.2) is 4.90 Å². The lowest BCUT2D eigenvalue weighted by Crippen LogP contribution is -2.44. The standard InChI is InChI=1S/C20H19N3O5/c1-28-18-10-15(23(26)27)6-7-16(18)22-19(24)11-17(20(22)25)21-9-8-13-4-2-3-5-14(13)12-21/h2-7,10,17H,8-9,11-12H2,1H3/t17-/m1/s1. The van der Waals surface area contributed by atoms with Crippen LogP contribution in [0.3, 0.4) is 0 Å². The van der Waals surface area contributed by atoms with E-state index in [4.69, 9.17) is 4.74 Å². The number of fused-ring (bicyclic) bond motifs is 1. The van der Waals surface area contributed by atoms with Gasteiger partial charge in [-0.2, -0.15) is 0 Å². The maximum absolute atomic E-state index is 13.1. The van der Waals surface area contributed by atoms with Crippen molar-refractivity contribution >= 4 is 23.2 Å². The average Bonchev–Trinajstić information content (AvgIpc) is 3.01. The molecule has 0 N–H and O–H groups in total. The Hall–Kier alpha value is -3.26. The lowest BCUT2D eigenvalue weighted by atomic mass is 9.98. The van der Waals surface area contributed by atoms with Crippen LogP contribution in [-0.2, 0) is 22.6 Å². The lowest BCUT2D eigenvalue weighted by molar-refractivity contribution is -0.384. The summed E-state index contributed by atoms with van der Waals surface area (Å²) in [4.78, 5) is 39.3. The first-order valence-electron chi connectivity index (χ1n) is 8.99. The molecule has 1 atom stereocenters. The van der Waals surface area contributed by atoms with Crippen LogP contribution < -0.4 is 9.64 Å². The molecule has 8 heteroatoms. The molecule has 0 saturated carbocycles. The number of ether oxygens (including phenoxy) is 1. The molecular formula is C20H19N3O5. The molecule has 4 rings (SSSR count). The number of imide groups is 1. The molecule has 28 heavy (non-hydrogen) atoms. The SMILES string of the molecule is COc1cc([N+](=O)[O-])ccc1N1C(=O)C[C@@H](N2CCc3ccccc3C2)C1=O. The van der Waals surface area contributed by atoms with Gasteiger partial charge in [-0.05, 0) is 23.6 Å². The summed E-state index contributed by atoms with van der Waals surface area (Å²) in [6, 6.07) is 11.4. The maximum Gasteiger partial charge on any atom is 0.273 e. The minimum atomic E-state index is -0.548. The summed E-state index contributed by atoms with van der Waals surface area (Å²) in [6.07, 6.45) is 0.913. The highest BCUT2D eigenvalue weighted by atomic mass is 16.6. The van der Waals surface area contributed by atoms with E-state index in [9.17, 15) is 19.7 Å². The van der Waals surface area contributed by atoms with E-state index in [1.54, 1.807) is 0 Å². The van der Waals surface area contributed by atoms with E-state index in [0.29, 0.717) is 13.1 Å². The molecule has 8 nitrogen and oxygen atoms in total. The second kappa shape index (κ2) is 7.05. The van der Waals surface area contributed by atoms with Crippen LogP contribution >= 0.6 is 0 Å². The summed E-state index contributed by atoms with van der Waals surface area (Å²) in [6.45, 7) is 1.32. The second-order valence-corrected chi connectivity index (χ2v) is 6.89. The van der Waals surface area contributed by atoms with Crippen LogP contribution in [0, 0.1) is 10.1 Å². The van der Waals surface area contributed by atoms with Crippen LogP contribution in [0.2, 0.25) is 0 Å². The summed E-state index contributed by atoms with van der Waals surface area (Å²) in [5.74, 6) is -0.530. The Bertz CT molecular complexity index is 974. The number of methoxy groups -OCH3 is 1. The number of nitro benzene ring substituents is 1. The normalized spacial score (nSPS) is 19.6. The fourth-order valence-electron chi connectivity index (χ4n) is 3.90. The van der Waals surface area contributed by atoms with Crippen LogP contribution in [0.15, 0.2) is 42.5 Å². The fourth-order valence-corrected chi connectivity index (χ4v) is 3.90. The number of carbonyl (C=O) groups is 2. The number of nitro groups is 1. The molecule has 2 aliphatic rings. The number of carbonyl (C=O) groups excluding carboxylic acids is 2. The summed E-state index contributed by atoms with van der Waals surface area (Å²) in [5, 5.41) is 11.0. The zero-order valence-corrected chi connectivity index (χ0v) is 15.3. The van der Waals surface area contributed by atoms with Crippen molar-refractivity contribution in [3.8, 4) is 5.75 Å². The van der Waals surface area contributed by atoms with Gasteiger partial charge in [0.15, 0.2) is 0 Å². The fraction of sp³-hybridized carbons (Fsp3) is 0.300. The molecule has 0 aromatic heterocycles. The van der Waals surface area contributed by atoms with Crippen molar-refractivity contribution in [3.05, 3.63) is 63.7 Å². The summed E-state index contributed by atoms with van der Waals surface area (Å²) in [7, 11) is 1.35. The molecule has 0 radical (unpaired) electrons. The van der Waals surface area contributed by atoms with Gasteiger partial charge in [-0.3, -0.25) is 24.6 Å². The number of hydrogen-bond acceptors (Lipinski definition) is 6. The van der Waals surface area contributed by atoms with E-state index in [2.05, 4.69) is 6.07 Å². The lowest BCUT2D eigenvalue weighted by Gasteiger charge is -2.32. The Kier molecular flexibility index (Phi) is 4.56. The molecule has 1 fully saturated rings. The van der Waals surface area contributed by atoms with E-state index >= 15 is 0 Å². The smallest absolute Gasteiger partial charge is 0.273 e. The molecule has 0 bridgehead atoms. The van der Waals surface area contributed by atoms with Gasteiger partial charge in [0.25, 0.3) is 11.6 Å². The number of benzene rings is 2. The highest BCUT2D eigenvalue weighted by Crippen LogP contribution is 2.36. The molecule has 2 aromatic carbocycles. The third-order valence-corrected chi connectivity index (χ3v) is 5.34. The van der Waals surface area contributed by atoms with Crippen LogP contribution in [0.5, 0.6) is 5.75 Å². The Morgan fingerprint density at radius 1 is 1.14 bits per heavy atom. The number of non-ortho nitro benzene ring substituents is 1. The first-order valence-corrected chi connectivity index (χ1v) is 8.99. The first kappa shape index (κ1) is 18.1. The van der Waals surface area contributed by atoms with E-state index < -0.39 is 11.0 Å². The third-order valence-electron chi connectivity index (χ3n) is 5.34. The van der Waals surface area contributed by atoms with Crippen LogP contribution in [0.4, 0.5) is 11.4 Å². The number of anilines is 1. The number of rotatable bonds is 4. The van der Waals surface area contributed by atoms with Crippen molar-refractivity contribution in [2.45, 2.75) is 25.4 Å². The van der Waals surface area contributed by atoms with Crippen molar-refractivity contribution in [2.75, 3.05) is 18.6 Å². The van der Waals surface area contributed by atoms with Crippen molar-refractivity contribution in [1.29, 1.82) is 0 Å². The van der Waals surface area contributed by atoms with Gasteiger partial charge in [0.05, 0.1) is 36.2 Å².